The van der Waals surface area contributed by atoms with Crippen LogP contribution < -0.4 is 5.32 Å². The maximum Gasteiger partial charge on any atom is 0.327 e. The molecule has 7 nitrogen and oxygen atoms in total. The van der Waals surface area contributed by atoms with Crippen molar-refractivity contribution in [2.75, 3.05) is 13.6 Å². The van der Waals surface area contributed by atoms with Crippen LogP contribution in [0.15, 0.2) is 24.3 Å². The third kappa shape index (κ3) is 4.13. The van der Waals surface area contributed by atoms with E-state index >= 15 is 0 Å². The summed E-state index contributed by atoms with van der Waals surface area (Å²) >= 11 is 0. The highest BCUT2D eigenvalue weighted by Gasteiger charge is 2.62. The highest BCUT2D eigenvalue weighted by Crippen LogP contribution is 2.48. The zero-order valence-corrected chi connectivity index (χ0v) is 21.0. The molecule has 8 heteroatoms. The highest BCUT2D eigenvalue weighted by molar-refractivity contribution is 6.07. The molecule has 0 aromatic heterocycles. The van der Waals surface area contributed by atoms with Gasteiger partial charge in [-0.05, 0) is 76.5 Å². The predicted molar refractivity (Wildman–Crippen MR) is 130 cm³/mol. The summed E-state index contributed by atoms with van der Waals surface area (Å²) in [7, 11) is 1.59. The Bertz CT molecular complexity index is 996. The molecule has 3 atom stereocenters. The number of amides is 4. The molecule has 2 unspecified atom stereocenters. The fourth-order valence-corrected chi connectivity index (χ4v) is 6.90. The Balaban J connectivity index is 1.31. The molecule has 2 bridgehead atoms. The van der Waals surface area contributed by atoms with E-state index in [0.29, 0.717) is 19.3 Å². The molecule has 1 N–H and O–H groups in total. The van der Waals surface area contributed by atoms with Crippen molar-refractivity contribution >= 4 is 17.8 Å². The van der Waals surface area contributed by atoms with Crippen LogP contribution in [0.5, 0.6) is 0 Å². The van der Waals surface area contributed by atoms with Gasteiger partial charge in [-0.1, -0.05) is 18.6 Å². The lowest BCUT2D eigenvalue weighted by Gasteiger charge is -2.48. The summed E-state index contributed by atoms with van der Waals surface area (Å²) in [6.45, 7) is 4.72. The van der Waals surface area contributed by atoms with Crippen molar-refractivity contribution in [3.8, 4) is 0 Å². The van der Waals surface area contributed by atoms with Crippen LogP contribution >= 0.6 is 0 Å². The number of hydrogen-bond acceptors (Lipinski definition) is 4. The van der Waals surface area contributed by atoms with Crippen LogP contribution in [0, 0.1) is 11.7 Å². The molecular formula is C27H37FN4O3. The molecule has 3 aliphatic heterocycles. The number of fused-ring (bicyclic) bond motifs is 2. The van der Waals surface area contributed by atoms with Crippen molar-refractivity contribution in [2.24, 2.45) is 5.92 Å². The monoisotopic (exact) mass is 484 g/mol. The van der Waals surface area contributed by atoms with Gasteiger partial charge in [0.05, 0.1) is 6.04 Å². The highest BCUT2D eigenvalue weighted by atomic mass is 19.1. The number of imide groups is 1. The summed E-state index contributed by atoms with van der Waals surface area (Å²) in [5.74, 6) is -0.232. The van der Waals surface area contributed by atoms with Crippen LogP contribution in [-0.2, 0) is 9.59 Å². The zero-order valence-electron chi connectivity index (χ0n) is 21.0. The summed E-state index contributed by atoms with van der Waals surface area (Å²) in [5.41, 5.74) is 0.0469. The maximum atomic E-state index is 14.0. The molecule has 0 radical (unpaired) electrons. The topological polar surface area (TPSA) is 73.0 Å². The Labute approximate surface area is 207 Å². The van der Waals surface area contributed by atoms with Crippen LogP contribution in [0.25, 0.3) is 0 Å². The number of likely N-dealkylation sites (N-methyl/N-ethyl adjacent to an activating group) is 1. The first kappa shape index (κ1) is 24.2. The second-order valence-electron chi connectivity index (χ2n) is 11.2. The number of halogens is 1. The van der Waals surface area contributed by atoms with E-state index in [1.165, 1.54) is 17.0 Å². The van der Waals surface area contributed by atoms with E-state index < -0.39 is 5.54 Å². The average molecular weight is 485 g/mol. The van der Waals surface area contributed by atoms with Gasteiger partial charge in [-0.25, -0.2) is 9.18 Å². The van der Waals surface area contributed by atoms with Crippen molar-refractivity contribution in [1.82, 2.24) is 20.0 Å². The number of benzene rings is 1. The molecule has 190 valence electrons. The van der Waals surface area contributed by atoms with Crippen LogP contribution in [0.4, 0.5) is 9.18 Å². The van der Waals surface area contributed by atoms with Gasteiger partial charge >= 0.3 is 6.03 Å². The largest absolute Gasteiger partial charge is 0.349 e. The van der Waals surface area contributed by atoms with Gasteiger partial charge in [0.1, 0.15) is 11.4 Å². The van der Waals surface area contributed by atoms with Gasteiger partial charge in [-0.3, -0.25) is 19.4 Å². The Kier molecular flexibility index (Phi) is 6.36. The summed E-state index contributed by atoms with van der Waals surface area (Å²) < 4.78 is 14.0. The molecular weight excluding hydrogens is 447 g/mol. The van der Waals surface area contributed by atoms with E-state index in [2.05, 4.69) is 10.2 Å². The summed E-state index contributed by atoms with van der Waals surface area (Å²) in [6.07, 6.45) is 6.92. The minimum atomic E-state index is -0.747. The number of nitrogens with zero attached hydrogens (tertiary/aromatic N) is 3. The number of carbonyl (C=O) groups is 3. The minimum Gasteiger partial charge on any atom is -0.349 e. The molecule has 1 aliphatic carbocycles. The molecule has 1 aromatic rings. The molecule has 4 amide bonds. The van der Waals surface area contributed by atoms with E-state index in [1.54, 1.807) is 13.1 Å². The molecule has 4 fully saturated rings. The summed E-state index contributed by atoms with van der Waals surface area (Å²) in [4.78, 5) is 44.5. The van der Waals surface area contributed by atoms with Gasteiger partial charge in [-0.2, -0.15) is 0 Å². The van der Waals surface area contributed by atoms with Crippen molar-refractivity contribution in [2.45, 2.75) is 94.9 Å². The van der Waals surface area contributed by atoms with Gasteiger partial charge < -0.3 is 10.2 Å². The quantitative estimate of drug-likeness (QED) is 0.597. The molecule has 35 heavy (non-hydrogen) atoms. The van der Waals surface area contributed by atoms with Crippen LogP contribution in [0.2, 0.25) is 0 Å². The van der Waals surface area contributed by atoms with Crippen molar-refractivity contribution in [3.05, 3.63) is 35.6 Å². The summed E-state index contributed by atoms with van der Waals surface area (Å²) in [5, 5.41) is 3.20. The van der Waals surface area contributed by atoms with Crippen molar-refractivity contribution in [3.63, 3.8) is 0 Å². The first-order valence-electron chi connectivity index (χ1n) is 13.1. The number of nitrogens with one attached hydrogen (secondary N) is 1. The number of carbonyl (C=O) groups excluding carboxylic acids is 3. The molecule has 4 aliphatic rings. The van der Waals surface area contributed by atoms with E-state index in [9.17, 15) is 18.8 Å². The fraction of sp³-hybridized carbons (Fsp3) is 0.667. The number of piperidine rings is 1. The lowest BCUT2D eigenvalue weighted by molar-refractivity contribution is -0.137. The molecule has 5 rings (SSSR count). The maximum absolute atomic E-state index is 14.0. The third-order valence-electron chi connectivity index (χ3n) is 8.81. The Hall–Kier alpha value is -2.48. The SMILES string of the molecule is CC(C)N1C(=O)N(C)C(=O)C12CC1CCC(C2)N1CC[C@H](NC(=O)C1CCC1)c1cccc(F)c1. The lowest BCUT2D eigenvalue weighted by atomic mass is 9.80. The predicted octanol–water partition coefficient (Wildman–Crippen LogP) is 3.84. The first-order valence-corrected chi connectivity index (χ1v) is 13.1. The van der Waals surface area contributed by atoms with Gasteiger partial charge in [0, 0.05) is 37.6 Å². The third-order valence-corrected chi connectivity index (χ3v) is 8.81. The van der Waals surface area contributed by atoms with Gasteiger partial charge in [-0.15, -0.1) is 0 Å². The zero-order chi connectivity index (χ0) is 24.9. The number of urea groups is 1. The van der Waals surface area contributed by atoms with E-state index in [4.69, 9.17) is 0 Å². The average Bonchev–Trinajstić information content (AvgIpc) is 3.11. The summed E-state index contributed by atoms with van der Waals surface area (Å²) in [6, 6.07) is 6.48. The Morgan fingerprint density at radius 1 is 1.14 bits per heavy atom. The normalized spacial score (nSPS) is 29.9. The van der Waals surface area contributed by atoms with Crippen LogP contribution in [-0.4, -0.2) is 69.8 Å². The van der Waals surface area contributed by atoms with Gasteiger partial charge in [0.25, 0.3) is 5.91 Å². The smallest absolute Gasteiger partial charge is 0.327 e. The van der Waals surface area contributed by atoms with Gasteiger partial charge in [0.15, 0.2) is 0 Å². The van der Waals surface area contributed by atoms with Crippen molar-refractivity contribution < 1.29 is 18.8 Å². The number of hydrogen-bond donors (Lipinski definition) is 1. The first-order chi connectivity index (χ1) is 16.7. The Morgan fingerprint density at radius 2 is 1.83 bits per heavy atom. The molecule has 3 heterocycles. The number of rotatable bonds is 7. The standard InChI is InChI=1S/C27H37FN4O3/c1-17(2)32-26(35)30(3)25(34)27(32)15-21-10-11-22(16-27)31(21)13-12-23(19-8-5-9-20(28)14-19)29-24(33)18-6-4-7-18/h5,8-9,14,17-18,21-23H,4,6-7,10-13,15-16H2,1-3H3,(H,29,33)/t21?,22?,23-,27?/m0/s1. The van der Waals surface area contributed by atoms with Crippen molar-refractivity contribution in [1.29, 1.82) is 0 Å². The molecule has 3 saturated heterocycles. The molecule has 1 aromatic carbocycles. The lowest BCUT2D eigenvalue weighted by Crippen LogP contribution is -2.61. The Morgan fingerprint density at radius 3 is 2.40 bits per heavy atom. The van der Waals surface area contributed by atoms with E-state index in [0.717, 1.165) is 44.2 Å². The van der Waals surface area contributed by atoms with Crippen LogP contribution in [0.1, 0.15) is 76.8 Å². The van der Waals surface area contributed by atoms with Crippen LogP contribution in [0.3, 0.4) is 0 Å². The minimum absolute atomic E-state index is 0.0403. The second kappa shape index (κ2) is 9.19. The van der Waals surface area contributed by atoms with E-state index in [1.807, 2.05) is 24.8 Å². The molecule has 1 spiro atoms. The van der Waals surface area contributed by atoms with Gasteiger partial charge in [0.2, 0.25) is 5.91 Å². The fourth-order valence-electron chi connectivity index (χ4n) is 6.90. The van der Waals surface area contributed by atoms with E-state index in [-0.39, 0.29) is 53.7 Å². The molecule has 1 saturated carbocycles. The second-order valence-corrected chi connectivity index (χ2v) is 11.2.